The molecule has 1 aromatic rings. The number of nitrogens with one attached hydrogen (secondary N) is 3. The van der Waals surface area contributed by atoms with E-state index in [1.165, 1.54) is 0 Å². The van der Waals surface area contributed by atoms with Gasteiger partial charge in [0.2, 0.25) is 5.91 Å². The fraction of sp³-hybridized carbons (Fsp3) is 0.643. The highest BCUT2D eigenvalue weighted by Gasteiger charge is 2.08. The van der Waals surface area contributed by atoms with Gasteiger partial charge in [-0.2, -0.15) is 0 Å². The van der Waals surface area contributed by atoms with Crippen LogP contribution in [0.1, 0.15) is 32.0 Å². The predicted molar refractivity (Wildman–Crippen MR) is 83.7 cm³/mol. The second-order valence-electron chi connectivity index (χ2n) is 4.92. The van der Waals surface area contributed by atoms with Crippen LogP contribution >= 0.6 is 0 Å². The number of methoxy groups -OCH3 is 1. The topological polar surface area (TPSA) is 88.2 Å². The second kappa shape index (κ2) is 9.12. The minimum absolute atomic E-state index is 0.00784. The third kappa shape index (κ3) is 6.40. The van der Waals surface area contributed by atoms with Gasteiger partial charge in [-0.05, 0) is 0 Å². The summed E-state index contributed by atoms with van der Waals surface area (Å²) in [6.45, 7) is 5.67. The SMILES string of the molecule is CNc1cc(NCCC(=O)NCCOC)nc(C(C)C)n1. The minimum atomic E-state index is -0.00784. The lowest BCUT2D eigenvalue weighted by Gasteiger charge is -2.11. The Labute approximate surface area is 125 Å². The third-order valence-electron chi connectivity index (χ3n) is 2.80. The Bertz CT molecular complexity index is 451. The van der Waals surface area contributed by atoms with Crippen LogP contribution in [0, 0.1) is 0 Å². The lowest BCUT2D eigenvalue weighted by Crippen LogP contribution is -2.28. The second-order valence-corrected chi connectivity index (χ2v) is 4.92. The van der Waals surface area contributed by atoms with E-state index in [1.54, 1.807) is 7.11 Å². The number of anilines is 2. The van der Waals surface area contributed by atoms with Crippen molar-refractivity contribution in [3.8, 4) is 0 Å². The highest BCUT2D eigenvalue weighted by Crippen LogP contribution is 2.16. The van der Waals surface area contributed by atoms with Crippen LogP contribution < -0.4 is 16.0 Å². The van der Waals surface area contributed by atoms with Crippen molar-refractivity contribution in [3.05, 3.63) is 11.9 Å². The molecule has 0 bridgehead atoms. The molecule has 0 fully saturated rings. The van der Waals surface area contributed by atoms with Gasteiger partial charge in [0.25, 0.3) is 0 Å². The summed E-state index contributed by atoms with van der Waals surface area (Å²) < 4.78 is 4.87. The quantitative estimate of drug-likeness (QED) is 0.593. The van der Waals surface area contributed by atoms with Gasteiger partial charge in [0.15, 0.2) is 0 Å². The van der Waals surface area contributed by atoms with E-state index in [2.05, 4.69) is 25.9 Å². The summed E-state index contributed by atoms with van der Waals surface area (Å²) in [5.74, 6) is 2.50. The van der Waals surface area contributed by atoms with Crippen LogP contribution in [0.2, 0.25) is 0 Å². The van der Waals surface area contributed by atoms with E-state index >= 15 is 0 Å². The highest BCUT2D eigenvalue weighted by atomic mass is 16.5. The van der Waals surface area contributed by atoms with Crippen molar-refractivity contribution in [2.24, 2.45) is 0 Å². The summed E-state index contributed by atoms with van der Waals surface area (Å²) in [6.07, 6.45) is 0.389. The normalized spacial score (nSPS) is 10.5. The molecule has 0 saturated carbocycles. The molecule has 7 heteroatoms. The maximum Gasteiger partial charge on any atom is 0.221 e. The Hall–Kier alpha value is -1.89. The molecule has 1 heterocycles. The van der Waals surface area contributed by atoms with E-state index in [-0.39, 0.29) is 11.8 Å². The summed E-state index contributed by atoms with van der Waals surface area (Å²) in [4.78, 5) is 20.4. The van der Waals surface area contributed by atoms with Crippen molar-refractivity contribution in [3.63, 3.8) is 0 Å². The van der Waals surface area contributed by atoms with E-state index < -0.39 is 0 Å². The molecule has 0 unspecified atom stereocenters. The molecule has 0 aromatic carbocycles. The monoisotopic (exact) mass is 295 g/mol. The number of hydrogen-bond acceptors (Lipinski definition) is 6. The fourth-order valence-corrected chi connectivity index (χ4v) is 1.63. The van der Waals surface area contributed by atoms with Gasteiger partial charge in [-0.3, -0.25) is 4.79 Å². The molecule has 0 spiro atoms. The van der Waals surface area contributed by atoms with Gasteiger partial charge in [0.1, 0.15) is 17.5 Å². The Balaban J connectivity index is 2.47. The van der Waals surface area contributed by atoms with E-state index in [1.807, 2.05) is 27.0 Å². The molecule has 7 nitrogen and oxygen atoms in total. The third-order valence-corrected chi connectivity index (χ3v) is 2.80. The van der Waals surface area contributed by atoms with Crippen molar-refractivity contribution in [1.82, 2.24) is 15.3 Å². The van der Waals surface area contributed by atoms with Crippen LogP contribution in [0.3, 0.4) is 0 Å². The van der Waals surface area contributed by atoms with Crippen LogP contribution in [-0.4, -0.2) is 49.7 Å². The first-order chi connectivity index (χ1) is 10.1. The van der Waals surface area contributed by atoms with Crippen LogP contribution in [0.15, 0.2) is 6.07 Å². The molecule has 0 aliphatic heterocycles. The minimum Gasteiger partial charge on any atom is -0.383 e. The van der Waals surface area contributed by atoms with Gasteiger partial charge in [0, 0.05) is 45.7 Å². The van der Waals surface area contributed by atoms with E-state index in [9.17, 15) is 4.79 Å². The van der Waals surface area contributed by atoms with Crippen LogP contribution in [0.5, 0.6) is 0 Å². The van der Waals surface area contributed by atoms with Crippen LogP contribution in [0.4, 0.5) is 11.6 Å². The predicted octanol–water partition coefficient (Wildman–Crippen LogP) is 1.21. The van der Waals surface area contributed by atoms with Crippen LogP contribution in [-0.2, 0) is 9.53 Å². The summed E-state index contributed by atoms with van der Waals surface area (Å²) in [6, 6.07) is 1.83. The first kappa shape index (κ1) is 17.2. The van der Waals surface area contributed by atoms with Gasteiger partial charge in [-0.25, -0.2) is 9.97 Å². The number of carbonyl (C=O) groups is 1. The summed E-state index contributed by atoms with van der Waals surface area (Å²) >= 11 is 0. The molecular formula is C14H25N5O2. The Morgan fingerprint density at radius 1 is 1.29 bits per heavy atom. The fourth-order valence-electron chi connectivity index (χ4n) is 1.63. The average Bonchev–Trinajstić information content (AvgIpc) is 2.47. The molecular weight excluding hydrogens is 270 g/mol. The number of rotatable bonds is 9. The molecule has 0 atom stereocenters. The lowest BCUT2D eigenvalue weighted by atomic mass is 10.2. The molecule has 1 rings (SSSR count). The first-order valence-corrected chi connectivity index (χ1v) is 7.13. The number of carbonyl (C=O) groups excluding carboxylic acids is 1. The van der Waals surface area contributed by atoms with Gasteiger partial charge < -0.3 is 20.7 Å². The standard InChI is InChI=1S/C14H25N5O2/c1-10(2)14-18-11(15-3)9-12(19-14)16-6-5-13(20)17-7-8-21-4/h9-10H,5-8H2,1-4H3,(H,17,20)(H2,15,16,18,19). The molecule has 1 aromatic heterocycles. The molecule has 0 aliphatic carbocycles. The van der Waals surface area contributed by atoms with Crippen molar-refractivity contribution in [1.29, 1.82) is 0 Å². The zero-order valence-corrected chi connectivity index (χ0v) is 13.2. The van der Waals surface area contributed by atoms with Gasteiger partial charge in [-0.1, -0.05) is 13.8 Å². The van der Waals surface area contributed by atoms with Crippen molar-refractivity contribution >= 4 is 17.5 Å². The Morgan fingerprint density at radius 2 is 2.00 bits per heavy atom. The van der Waals surface area contributed by atoms with Gasteiger partial charge in [0.05, 0.1) is 6.61 Å². The van der Waals surface area contributed by atoms with Gasteiger partial charge >= 0.3 is 0 Å². The molecule has 21 heavy (non-hydrogen) atoms. The largest absolute Gasteiger partial charge is 0.383 e. The number of aromatic nitrogens is 2. The summed E-state index contributed by atoms with van der Waals surface area (Å²) in [5, 5.41) is 8.94. The van der Waals surface area contributed by atoms with E-state index in [0.717, 1.165) is 17.5 Å². The molecule has 0 radical (unpaired) electrons. The van der Waals surface area contributed by atoms with Crippen molar-refractivity contribution in [2.45, 2.75) is 26.2 Å². The number of hydrogen-bond donors (Lipinski definition) is 3. The number of ether oxygens (including phenoxy) is 1. The first-order valence-electron chi connectivity index (χ1n) is 7.13. The lowest BCUT2D eigenvalue weighted by molar-refractivity contribution is -0.121. The highest BCUT2D eigenvalue weighted by molar-refractivity contribution is 5.76. The summed E-state index contributed by atoms with van der Waals surface area (Å²) in [5.41, 5.74) is 0. The molecule has 0 saturated heterocycles. The van der Waals surface area contributed by atoms with E-state index in [4.69, 9.17) is 4.74 Å². The molecule has 1 amide bonds. The van der Waals surface area contributed by atoms with Crippen molar-refractivity contribution in [2.75, 3.05) is 44.5 Å². The van der Waals surface area contributed by atoms with Gasteiger partial charge in [-0.15, -0.1) is 0 Å². The maximum absolute atomic E-state index is 11.6. The van der Waals surface area contributed by atoms with Crippen molar-refractivity contribution < 1.29 is 9.53 Å². The molecule has 3 N–H and O–H groups in total. The Kier molecular flexibility index (Phi) is 7.45. The molecule has 118 valence electrons. The maximum atomic E-state index is 11.6. The zero-order valence-electron chi connectivity index (χ0n) is 13.2. The Morgan fingerprint density at radius 3 is 2.62 bits per heavy atom. The summed E-state index contributed by atoms with van der Waals surface area (Å²) in [7, 11) is 3.42. The number of nitrogens with zero attached hydrogens (tertiary/aromatic N) is 2. The van der Waals surface area contributed by atoms with Crippen LogP contribution in [0.25, 0.3) is 0 Å². The number of amides is 1. The average molecular weight is 295 g/mol. The van der Waals surface area contributed by atoms with E-state index in [0.29, 0.717) is 26.1 Å². The zero-order chi connectivity index (χ0) is 15.7. The molecule has 0 aliphatic rings. The smallest absolute Gasteiger partial charge is 0.221 e.